The zero-order valence-corrected chi connectivity index (χ0v) is 13.6. The van der Waals surface area contributed by atoms with Gasteiger partial charge in [-0.3, -0.25) is 9.59 Å². The molecule has 0 unspecified atom stereocenters. The second-order valence-corrected chi connectivity index (χ2v) is 7.68. The average molecular weight is 307 g/mol. The van der Waals surface area contributed by atoms with Crippen LogP contribution in [-0.2, 0) is 9.59 Å². The van der Waals surface area contributed by atoms with Crippen molar-refractivity contribution in [2.75, 3.05) is 19.6 Å². The van der Waals surface area contributed by atoms with Gasteiger partial charge in [0, 0.05) is 12.1 Å². The van der Waals surface area contributed by atoms with Crippen molar-refractivity contribution in [2.24, 2.45) is 17.8 Å². The molecule has 0 heterocycles. The van der Waals surface area contributed by atoms with Crippen LogP contribution < -0.4 is 16.0 Å². The Hall–Kier alpha value is -1.10. The number of amides is 2. The van der Waals surface area contributed by atoms with Gasteiger partial charge in [0.2, 0.25) is 11.8 Å². The van der Waals surface area contributed by atoms with E-state index in [0.717, 1.165) is 24.2 Å². The molecule has 2 amide bonds. The Labute approximate surface area is 133 Å². The van der Waals surface area contributed by atoms with E-state index in [2.05, 4.69) is 16.0 Å². The first kappa shape index (κ1) is 15.8. The highest BCUT2D eigenvalue weighted by atomic mass is 16.2. The number of hydrogen-bond donors (Lipinski definition) is 3. The Kier molecular flexibility index (Phi) is 4.71. The van der Waals surface area contributed by atoms with Crippen molar-refractivity contribution >= 4 is 11.8 Å². The highest BCUT2D eigenvalue weighted by Crippen LogP contribution is 2.55. The molecule has 0 saturated heterocycles. The fraction of sp³-hybridized carbons (Fsp3) is 0.882. The number of rotatable bonds is 7. The molecule has 0 aliphatic heterocycles. The Morgan fingerprint density at radius 3 is 2.00 bits per heavy atom. The molecule has 4 aliphatic carbocycles. The van der Waals surface area contributed by atoms with Crippen molar-refractivity contribution in [3.8, 4) is 0 Å². The van der Waals surface area contributed by atoms with Gasteiger partial charge in [-0.1, -0.05) is 6.92 Å². The fourth-order valence-corrected chi connectivity index (χ4v) is 5.16. The summed E-state index contributed by atoms with van der Waals surface area (Å²) < 4.78 is 0. The number of carbonyl (C=O) groups is 2. The highest BCUT2D eigenvalue weighted by Gasteiger charge is 2.50. The summed E-state index contributed by atoms with van der Waals surface area (Å²) in [6, 6.07) is 0. The van der Waals surface area contributed by atoms with E-state index in [-0.39, 0.29) is 23.9 Å². The van der Waals surface area contributed by atoms with Crippen LogP contribution >= 0.6 is 0 Å². The molecule has 5 nitrogen and oxygen atoms in total. The standard InChI is InChI=1S/C17H29N3O2/c1-2-3-18-15(21)10-19-16(22)11-20-17-7-12-4-13(8-17)6-14(5-12)9-17/h12-14,20H,2-11H2,1H3,(H,18,21)(H,19,22). The maximum atomic E-state index is 12.0. The van der Waals surface area contributed by atoms with E-state index in [4.69, 9.17) is 0 Å². The first-order chi connectivity index (χ1) is 10.6. The van der Waals surface area contributed by atoms with Crippen LogP contribution in [0.25, 0.3) is 0 Å². The maximum absolute atomic E-state index is 12.0. The van der Waals surface area contributed by atoms with E-state index in [9.17, 15) is 9.59 Å². The van der Waals surface area contributed by atoms with E-state index >= 15 is 0 Å². The van der Waals surface area contributed by atoms with E-state index in [1.807, 2.05) is 6.92 Å². The maximum Gasteiger partial charge on any atom is 0.239 e. The Morgan fingerprint density at radius 1 is 0.909 bits per heavy atom. The molecule has 0 aromatic carbocycles. The molecule has 5 heteroatoms. The van der Waals surface area contributed by atoms with Crippen LogP contribution in [0.15, 0.2) is 0 Å². The third-order valence-corrected chi connectivity index (χ3v) is 5.68. The van der Waals surface area contributed by atoms with Gasteiger partial charge in [-0.15, -0.1) is 0 Å². The van der Waals surface area contributed by atoms with E-state index < -0.39 is 0 Å². The van der Waals surface area contributed by atoms with Crippen molar-refractivity contribution in [1.82, 2.24) is 16.0 Å². The molecule has 4 fully saturated rings. The van der Waals surface area contributed by atoms with Crippen LogP contribution in [0.2, 0.25) is 0 Å². The summed E-state index contributed by atoms with van der Waals surface area (Å²) in [5.74, 6) is 2.46. The molecule has 3 N–H and O–H groups in total. The molecule has 0 aromatic rings. The summed E-state index contributed by atoms with van der Waals surface area (Å²) in [5, 5.41) is 9.02. The molecule has 4 aliphatic rings. The Morgan fingerprint density at radius 2 is 1.45 bits per heavy atom. The van der Waals surface area contributed by atoms with Gasteiger partial charge < -0.3 is 16.0 Å². The predicted octanol–water partition coefficient (Wildman–Crippen LogP) is 1.19. The van der Waals surface area contributed by atoms with Gasteiger partial charge in [-0.05, 0) is 62.7 Å². The van der Waals surface area contributed by atoms with Gasteiger partial charge >= 0.3 is 0 Å². The largest absolute Gasteiger partial charge is 0.355 e. The van der Waals surface area contributed by atoms with Crippen molar-refractivity contribution in [2.45, 2.75) is 57.4 Å². The predicted molar refractivity (Wildman–Crippen MR) is 85.2 cm³/mol. The smallest absolute Gasteiger partial charge is 0.239 e. The number of carbonyl (C=O) groups excluding carboxylic acids is 2. The molecule has 4 rings (SSSR count). The SMILES string of the molecule is CCCNC(=O)CNC(=O)CNC12CC3CC(CC(C3)C1)C2. The summed E-state index contributed by atoms with van der Waals surface area (Å²) in [7, 11) is 0. The minimum absolute atomic E-state index is 0.0672. The van der Waals surface area contributed by atoms with E-state index in [1.165, 1.54) is 38.5 Å². The summed E-state index contributed by atoms with van der Waals surface area (Å²) >= 11 is 0. The minimum Gasteiger partial charge on any atom is -0.355 e. The fourth-order valence-electron chi connectivity index (χ4n) is 5.16. The summed E-state index contributed by atoms with van der Waals surface area (Å²) in [5.41, 5.74) is 0.205. The molecule has 4 bridgehead atoms. The summed E-state index contributed by atoms with van der Waals surface area (Å²) in [6.45, 7) is 3.10. The lowest BCUT2D eigenvalue weighted by atomic mass is 9.53. The van der Waals surface area contributed by atoms with Crippen LogP contribution in [0.5, 0.6) is 0 Å². The number of nitrogens with one attached hydrogen (secondary N) is 3. The van der Waals surface area contributed by atoms with Crippen molar-refractivity contribution in [3.05, 3.63) is 0 Å². The molecule has 0 atom stereocenters. The zero-order chi connectivity index (χ0) is 15.6. The van der Waals surface area contributed by atoms with Crippen molar-refractivity contribution < 1.29 is 9.59 Å². The van der Waals surface area contributed by atoms with Crippen LogP contribution in [0, 0.1) is 17.8 Å². The lowest BCUT2D eigenvalue weighted by Crippen LogP contribution is -2.60. The van der Waals surface area contributed by atoms with Crippen LogP contribution in [0.4, 0.5) is 0 Å². The molecule has 0 radical (unpaired) electrons. The van der Waals surface area contributed by atoms with Crippen LogP contribution in [-0.4, -0.2) is 37.0 Å². The van der Waals surface area contributed by atoms with Gasteiger partial charge in [0.05, 0.1) is 13.1 Å². The zero-order valence-electron chi connectivity index (χ0n) is 13.6. The minimum atomic E-state index is -0.106. The first-order valence-electron chi connectivity index (χ1n) is 8.87. The normalized spacial score (nSPS) is 35.4. The quantitative estimate of drug-likeness (QED) is 0.661. The van der Waals surface area contributed by atoms with E-state index in [0.29, 0.717) is 13.1 Å². The van der Waals surface area contributed by atoms with Crippen molar-refractivity contribution in [1.29, 1.82) is 0 Å². The monoisotopic (exact) mass is 307 g/mol. The third-order valence-electron chi connectivity index (χ3n) is 5.68. The van der Waals surface area contributed by atoms with Gasteiger partial charge in [0.15, 0.2) is 0 Å². The van der Waals surface area contributed by atoms with E-state index in [1.54, 1.807) is 0 Å². The van der Waals surface area contributed by atoms with Crippen molar-refractivity contribution in [3.63, 3.8) is 0 Å². The lowest BCUT2D eigenvalue weighted by Gasteiger charge is -2.57. The molecule has 22 heavy (non-hydrogen) atoms. The van der Waals surface area contributed by atoms with Gasteiger partial charge in [-0.25, -0.2) is 0 Å². The summed E-state index contributed by atoms with van der Waals surface area (Å²) in [6.07, 6.45) is 8.85. The van der Waals surface area contributed by atoms with Crippen LogP contribution in [0.1, 0.15) is 51.9 Å². The van der Waals surface area contributed by atoms with Gasteiger partial charge in [-0.2, -0.15) is 0 Å². The summed E-state index contributed by atoms with van der Waals surface area (Å²) in [4.78, 5) is 23.4. The molecule has 0 aromatic heterocycles. The first-order valence-corrected chi connectivity index (χ1v) is 8.87. The molecule has 0 spiro atoms. The highest BCUT2D eigenvalue weighted by molar-refractivity contribution is 5.85. The molecular weight excluding hydrogens is 278 g/mol. The second kappa shape index (κ2) is 6.57. The average Bonchev–Trinajstić information content (AvgIpc) is 2.47. The molecular formula is C17H29N3O2. The lowest BCUT2D eigenvalue weighted by molar-refractivity contribution is -0.126. The molecule has 4 saturated carbocycles. The molecule has 124 valence electrons. The Bertz CT molecular complexity index is 400. The number of hydrogen-bond acceptors (Lipinski definition) is 3. The third kappa shape index (κ3) is 3.62. The van der Waals surface area contributed by atoms with Gasteiger partial charge in [0.25, 0.3) is 0 Å². The van der Waals surface area contributed by atoms with Crippen LogP contribution in [0.3, 0.4) is 0 Å². The second-order valence-electron chi connectivity index (χ2n) is 7.68. The Balaban J connectivity index is 1.41. The topological polar surface area (TPSA) is 70.2 Å². The van der Waals surface area contributed by atoms with Gasteiger partial charge in [0.1, 0.15) is 0 Å².